The molecular formula is C15H27ClF3N5O2. The van der Waals surface area contributed by atoms with Gasteiger partial charge in [-0.15, -0.1) is 11.6 Å². The maximum atomic E-state index is 13.0. The Labute approximate surface area is 155 Å². The maximum absolute atomic E-state index is 13.0. The van der Waals surface area contributed by atoms with E-state index in [0.717, 1.165) is 6.42 Å². The SMILES string of the molecule is CC1CC(NCCO)NC(NC(=O)NC2CCC(Cl)C(C(F)(F)F)C2)N1. The number of hydrogen-bond acceptors (Lipinski definition) is 5. The van der Waals surface area contributed by atoms with Gasteiger partial charge in [-0.2, -0.15) is 13.2 Å². The minimum absolute atomic E-state index is 0.00217. The summed E-state index contributed by atoms with van der Waals surface area (Å²) < 4.78 is 39.0. The minimum Gasteiger partial charge on any atom is -0.395 e. The van der Waals surface area contributed by atoms with Crippen LogP contribution in [0.1, 0.15) is 32.6 Å². The first kappa shape index (κ1) is 21.5. The fraction of sp³-hybridized carbons (Fsp3) is 0.933. The van der Waals surface area contributed by atoms with Crippen LogP contribution in [0.15, 0.2) is 0 Å². The number of nitrogens with one attached hydrogen (secondary N) is 5. The summed E-state index contributed by atoms with van der Waals surface area (Å²) in [5, 5.41) is 22.6. The van der Waals surface area contributed by atoms with Crippen molar-refractivity contribution in [2.24, 2.45) is 5.92 Å². The largest absolute Gasteiger partial charge is 0.395 e. The molecule has 26 heavy (non-hydrogen) atoms. The van der Waals surface area contributed by atoms with Crippen LogP contribution >= 0.6 is 11.6 Å². The van der Waals surface area contributed by atoms with Crippen LogP contribution in [-0.4, -0.2) is 60.4 Å². The van der Waals surface area contributed by atoms with Crippen LogP contribution in [0, 0.1) is 5.92 Å². The first-order chi connectivity index (χ1) is 12.2. The molecule has 6 N–H and O–H groups in total. The Morgan fingerprint density at radius 3 is 2.62 bits per heavy atom. The van der Waals surface area contributed by atoms with Crippen molar-refractivity contribution in [1.82, 2.24) is 26.6 Å². The molecule has 2 fully saturated rings. The van der Waals surface area contributed by atoms with Gasteiger partial charge in [-0.25, -0.2) is 4.79 Å². The predicted molar refractivity (Wildman–Crippen MR) is 91.5 cm³/mol. The average molecular weight is 402 g/mol. The predicted octanol–water partition coefficient (Wildman–Crippen LogP) is 0.787. The Bertz CT molecular complexity index is 471. The lowest BCUT2D eigenvalue weighted by Gasteiger charge is -2.38. The van der Waals surface area contributed by atoms with Crippen LogP contribution in [0.25, 0.3) is 0 Å². The number of rotatable bonds is 5. The summed E-state index contributed by atoms with van der Waals surface area (Å²) in [5.74, 6) is -1.61. The number of hydrogen-bond donors (Lipinski definition) is 6. The van der Waals surface area contributed by atoms with E-state index in [1.807, 2.05) is 6.92 Å². The van der Waals surface area contributed by atoms with Crippen LogP contribution < -0.4 is 26.6 Å². The number of urea groups is 1. The first-order valence-corrected chi connectivity index (χ1v) is 9.27. The molecule has 152 valence electrons. The van der Waals surface area contributed by atoms with Gasteiger partial charge < -0.3 is 15.7 Å². The average Bonchev–Trinajstić information content (AvgIpc) is 2.53. The second kappa shape index (κ2) is 9.41. The Morgan fingerprint density at radius 1 is 1.23 bits per heavy atom. The number of amides is 2. The Hall–Kier alpha value is -0.810. The summed E-state index contributed by atoms with van der Waals surface area (Å²) in [6.45, 7) is 2.38. The number of alkyl halides is 4. The van der Waals surface area contributed by atoms with E-state index in [0.29, 0.717) is 13.0 Å². The van der Waals surface area contributed by atoms with E-state index in [-0.39, 0.29) is 31.7 Å². The summed E-state index contributed by atoms with van der Waals surface area (Å²) in [5.41, 5.74) is 0. The van der Waals surface area contributed by atoms with Gasteiger partial charge in [-0.3, -0.25) is 16.0 Å². The summed E-state index contributed by atoms with van der Waals surface area (Å²) in [4.78, 5) is 12.2. The smallest absolute Gasteiger partial charge is 0.393 e. The van der Waals surface area contributed by atoms with Crippen LogP contribution in [0.5, 0.6) is 0 Å². The normalized spacial score (nSPS) is 35.8. The lowest BCUT2D eigenvalue weighted by atomic mass is 9.85. The summed E-state index contributed by atoms with van der Waals surface area (Å²) >= 11 is 5.81. The van der Waals surface area contributed by atoms with Crippen molar-refractivity contribution in [3.8, 4) is 0 Å². The van der Waals surface area contributed by atoms with Crippen molar-refractivity contribution in [1.29, 1.82) is 0 Å². The molecule has 2 amide bonds. The van der Waals surface area contributed by atoms with E-state index in [2.05, 4.69) is 26.6 Å². The third-order valence-corrected chi connectivity index (χ3v) is 5.23. The molecule has 1 aliphatic heterocycles. The van der Waals surface area contributed by atoms with E-state index in [4.69, 9.17) is 16.7 Å². The summed E-state index contributed by atoms with van der Waals surface area (Å²) in [7, 11) is 0. The van der Waals surface area contributed by atoms with Crippen molar-refractivity contribution in [2.45, 2.75) is 68.7 Å². The van der Waals surface area contributed by atoms with Crippen molar-refractivity contribution >= 4 is 17.6 Å². The highest BCUT2D eigenvalue weighted by molar-refractivity contribution is 6.20. The zero-order valence-corrected chi connectivity index (χ0v) is 15.3. The third-order valence-electron chi connectivity index (χ3n) is 4.71. The van der Waals surface area contributed by atoms with Crippen LogP contribution in [-0.2, 0) is 0 Å². The molecule has 0 radical (unpaired) electrons. The molecule has 2 rings (SSSR count). The first-order valence-electron chi connectivity index (χ1n) is 8.83. The highest BCUT2D eigenvalue weighted by Gasteiger charge is 2.47. The van der Waals surface area contributed by atoms with Crippen molar-refractivity contribution < 1.29 is 23.1 Å². The lowest BCUT2D eigenvalue weighted by Crippen LogP contribution is -2.68. The molecule has 0 aromatic heterocycles. The number of carbonyl (C=O) groups is 1. The topological polar surface area (TPSA) is 97.5 Å². The van der Waals surface area contributed by atoms with Gasteiger partial charge in [0.2, 0.25) is 0 Å². The molecule has 1 aliphatic carbocycles. The molecule has 0 aromatic rings. The maximum Gasteiger partial charge on any atom is 0.393 e. The van der Waals surface area contributed by atoms with Crippen molar-refractivity contribution in [3.05, 3.63) is 0 Å². The molecule has 6 unspecified atom stereocenters. The van der Waals surface area contributed by atoms with E-state index in [1.165, 1.54) is 0 Å². The quantitative estimate of drug-likeness (QED) is 0.383. The van der Waals surface area contributed by atoms with Gasteiger partial charge in [0.1, 0.15) is 6.29 Å². The number of aliphatic hydroxyl groups is 1. The molecule has 11 heteroatoms. The van der Waals surface area contributed by atoms with Crippen LogP contribution in [0.3, 0.4) is 0 Å². The van der Waals surface area contributed by atoms with Crippen LogP contribution in [0.4, 0.5) is 18.0 Å². The van der Waals surface area contributed by atoms with Gasteiger partial charge in [-0.05, 0) is 32.6 Å². The number of carbonyl (C=O) groups excluding carboxylic acids is 1. The highest BCUT2D eigenvalue weighted by Crippen LogP contribution is 2.40. The van der Waals surface area contributed by atoms with Gasteiger partial charge in [0.25, 0.3) is 0 Å². The molecular weight excluding hydrogens is 375 g/mol. The fourth-order valence-electron chi connectivity index (χ4n) is 3.45. The fourth-order valence-corrected chi connectivity index (χ4v) is 3.82. The molecule has 1 saturated heterocycles. The third kappa shape index (κ3) is 6.41. The van der Waals surface area contributed by atoms with E-state index >= 15 is 0 Å². The van der Waals surface area contributed by atoms with Gasteiger partial charge in [0, 0.05) is 24.0 Å². The highest BCUT2D eigenvalue weighted by atomic mass is 35.5. The Kier molecular flexibility index (Phi) is 7.77. The van der Waals surface area contributed by atoms with Gasteiger partial charge in [-0.1, -0.05) is 0 Å². The molecule has 0 spiro atoms. The van der Waals surface area contributed by atoms with Gasteiger partial charge in [0.05, 0.1) is 18.7 Å². The van der Waals surface area contributed by atoms with E-state index < -0.39 is 35.8 Å². The lowest BCUT2D eigenvalue weighted by molar-refractivity contribution is -0.182. The molecule has 6 atom stereocenters. The Balaban J connectivity index is 1.82. The van der Waals surface area contributed by atoms with Crippen molar-refractivity contribution in [3.63, 3.8) is 0 Å². The minimum atomic E-state index is -4.36. The summed E-state index contributed by atoms with van der Waals surface area (Å²) in [6.07, 6.45) is -3.82. The molecule has 7 nitrogen and oxygen atoms in total. The van der Waals surface area contributed by atoms with Gasteiger partial charge in [0.15, 0.2) is 0 Å². The molecule has 0 aromatic carbocycles. The molecule has 2 aliphatic rings. The zero-order valence-electron chi connectivity index (χ0n) is 14.6. The molecule has 1 heterocycles. The number of halogens is 4. The standard InChI is InChI=1S/C15H27ClF3N5O2/c1-8-6-12(20-4-5-25)23-13(21-8)24-14(26)22-9-2-3-11(16)10(7-9)15(17,18)19/h8-13,20-21,23,25H,2-7H2,1H3,(H2,22,24,26). The second-order valence-corrected chi connectivity index (χ2v) is 7.49. The van der Waals surface area contributed by atoms with Crippen molar-refractivity contribution in [2.75, 3.05) is 13.2 Å². The monoisotopic (exact) mass is 401 g/mol. The molecule has 0 bridgehead atoms. The number of aliphatic hydroxyl groups excluding tert-OH is 1. The molecule has 1 saturated carbocycles. The Morgan fingerprint density at radius 2 is 1.96 bits per heavy atom. The van der Waals surface area contributed by atoms with Crippen LogP contribution in [0.2, 0.25) is 0 Å². The summed E-state index contributed by atoms with van der Waals surface area (Å²) in [6, 6.07) is -0.996. The van der Waals surface area contributed by atoms with Gasteiger partial charge >= 0.3 is 12.2 Å². The van der Waals surface area contributed by atoms with E-state index in [1.54, 1.807) is 0 Å². The second-order valence-electron chi connectivity index (χ2n) is 6.93. The van der Waals surface area contributed by atoms with E-state index in [9.17, 15) is 18.0 Å². The zero-order chi connectivity index (χ0) is 19.3.